The minimum Gasteiger partial charge on any atom is -0.0651 e. The molecule has 0 radical (unpaired) electrons. The molecule has 0 bridgehead atoms. The van der Waals surface area contributed by atoms with Gasteiger partial charge in [-0.15, -0.1) is 0 Å². The molecule has 0 spiro atoms. The van der Waals surface area contributed by atoms with Crippen LogP contribution in [0.3, 0.4) is 0 Å². The first-order chi connectivity index (χ1) is 5.11. The van der Waals surface area contributed by atoms with E-state index in [1.165, 1.54) is 19.3 Å². The van der Waals surface area contributed by atoms with Crippen molar-refractivity contribution in [1.82, 2.24) is 0 Å². The molecule has 11 heavy (non-hydrogen) atoms. The highest BCUT2D eigenvalue weighted by atomic mass is 14.2. The Kier molecular flexibility index (Phi) is 5.62. The van der Waals surface area contributed by atoms with E-state index in [0.717, 1.165) is 17.8 Å². The molecule has 0 aromatic heterocycles. The molecule has 0 heteroatoms. The first kappa shape index (κ1) is 11.0. The predicted octanol–water partition coefficient (Wildman–Crippen LogP) is 4.10. The summed E-state index contributed by atoms with van der Waals surface area (Å²) < 4.78 is 0. The van der Waals surface area contributed by atoms with Crippen LogP contribution in [0, 0.1) is 17.8 Å². The molecule has 1 atom stereocenters. The summed E-state index contributed by atoms with van der Waals surface area (Å²) in [6.45, 7) is 11.6. The van der Waals surface area contributed by atoms with Gasteiger partial charge in [0.1, 0.15) is 0 Å². The predicted molar refractivity (Wildman–Crippen MR) is 52.7 cm³/mol. The van der Waals surface area contributed by atoms with Gasteiger partial charge in [-0.2, -0.15) is 0 Å². The summed E-state index contributed by atoms with van der Waals surface area (Å²) in [5.41, 5.74) is 0. The third-order valence-electron chi connectivity index (χ3n) is 3.00. The highest BCUT2D eigenvalue weighted by Gasteiger charge is 2.12. The molecule has 1 unspecified atom stereocenters. The normalized spacial score (nSPS) is 14.5. The minimum absolute atomic E-state index is 0.857. The molecule has 0 rings (SSSR count). The molecule has 0 aliphatic rings. The Morgan fingerprint density at radius 3 is 1.64 bits per heavy atom. The van der Waals surface area contributed by atoms with Gasteiger partial charge < -0.3 is 0 Å². The van der Waals surface area contributed by atoms with Crippen molar-refractivity contribution in [2.45, 2.75) is 53.9 Å². The molecule has 0 fully saturated rings. The van der Waals surface area contributed by atoms with Crippen LogP contribution in [0.1, 0.15) is 53.9 Å². The van der Waals surface area contributed by atoms with Crippen molar-refractivity contribution in [3.8, 4) is 0 Å². The zero-order valence-electron chi connectivity index (χ0n) is 8.85. The highest BCUT2D eigenvalue weighted by molar-refractivity contribution is 4.63. The smallest absolute Gasteiger partial charge is 0.0417 e. The molecule has 0 heterocycles. The van der Waals surface area contributed by atoms with Gasteiger partial charge in [-0.3, -0.25) is 0 Å². The van der Waals surface area contributed by atoms with Crippen LogP contribution in [-0.2, 0) is 0 Å². The van der Waals surface area contributed by atoms with Crippen LogP contribution in [-0.4, -0.2) is 0 Å². The fourth-order valence-electron chi connectivity index (χ4n) is 1.42. The molecule has 0 aliphatic heterocycles. The SMILES string of the molecule is CCC(CC)CC(C)C(C)C. The lowest BCUT2D eigenvalue weighted by Gasteiger charge is -2.20. The Bertz CT molecular complexity index is 80.0. The van der Waals surface area contributed by atoms with Crippen molar-refractivity contribution < 1.29 is 0 Å². The highest BCUT2D eigenvalue weighted by Crippen LogP contribution is 2.23. The van der Waals surface area contributed by atoms with E-state index < -0.39 is 0 Å². The molecule has 0 nitrogen and oxygen atoms in total. The Hall–Kier alpha value is 0. The molecule has 0 aliphatic carbocycles. The van der Waals surface area contributed by atoms with Gasteiger partial charge in [-0.25, -0.2) is 0 Å². The average molecular weight is 156 g/mol. The quantitative estimate of drug-likeness (QED) is 0.562. The van der Waals surface area contributed by atoms with Crippen molar-refractivity contribution in [3.63, 3.8) is 0 Å². The van der Waals surface area contributed by atoms with Gasteiger partial charge in [0.05, 0.1) is 0 Å². The molecular formula is C11H24. The Morgan fingerprint density at radius 2 is 1.36 bits per heavy atom. The van der Waals surface area contributed by atoms with Crippen molar-refractivity contribution in [3.05, 3.63) is 0 Å². The fourth-order valence-corrected chi connectivity index (χ4v) is 1.42. The van der Waals surface area contributed by atoms with Gasteiger partial charge in [0.25, 0.3) is 0 Å². The molecular weight excluding hydrogens is 132 g/mol. The fraction of sp³-hybridized carbons (Fsp3) is 1.00. The van der Waals surface area contributed by atoms with Crippen molar-refractivity contribution in [2.24, 2.45) is 17.8 Å². The van der Waals surface area contributed by atoms with Crippen molar-refractivity contribution in [1.29, 1.82) is 0 Å². The second-order valence-electron chi connectivity index (χ2n) is 4.14. The summed E-state index contributed by atoms with van der Waals surface area (Å²) in [6, 6.07) is 0. The van der Waals surface area contributed by atoms with Crippen molar-refractivity contribution in [2.75, 3.05) is 0 Å². The summed E-state index contributed by atoms with van der Waals surface area (Å²) in [6.07, 6.45) is 4.13. The number of hydrogen-bond acceptors (Lipinski definition) is 0. The maximum Gasteiger partial charge on any atom is -0.0417 e. The van der Waals surface area contributed by atoms with Crippen LogP contribution in [0.2, 0.25) is 0 Å². The first-order valence-electron chi connectivity index (χ1n) is 5.11. The minimum atomic E-state index is 0.857. The summed E-state index contributed by atoms with van der Waals surface area (Å²) in [7, 11) is 0. The maximum absolute atomic E-state index is 2.38. The van der Waals surface area contributed by atoms with Crippen LogP contribution < -0.4 is 0 Å². The van der Waals surface area contributed by atoms with E-state index in [1.54, 1.807) is 0 Å². The summed E-state index contributed by atoms with van der Waals surface area (Å²) in [5, 5.41) is 0. The summed E-state index contributed by atoms with van der Waals surface area (Å²) >= 11 is 0. The van der Waals surface area contributed by atoms with E-state index in [4.69, 9.17) is 0 Å². The van der Waals surface area contributed by atoms with Crippen LogP contribution in [0.5, 0.6) is 0 Å². The van der Waals surface area contributed by atoms with Gasteiger partial charge in [0, 0.05) is 0 Å². The first-order valence-corrected chi connectivity index (χ1v) is 5.11. The van der Waals surface area contributed by atoms with E-state index in [0.29, 0.717) is 0 Å². The van der Waals surface area contributed by atoms with Crippen LogP contribution in [0.4, 0.5) is 0 Å². The van der Waals surface area contributed by atoms with Crippen LogP contribution in [0.25, 0.3) is 0 Å². The van der Waals surface area contributed by atoms with Gasteiger partial charge in [-0.05, 0) is 24.2 Å². The van der Waals surface area contributed by atoms with Crippen LogP contribution in [0.15, 0.2) is 0 Å². The topological polar surface area (TPSA) is 0 Å². The van der Waals surface area contributed by atoms with E-state index >= 15 is 0 Å². The number of rotatable bonds is 5. The molecule has 0 amide bonds. The van der Waals surface area contributed by atoms with Gasteiger partial charge in [0.15, 0.2) is 0 Å². The number of hydrogen-bond donors (Lipinski definition) is 0. The maximum atomic E-state index is 2.38. The lowest BCUT2D eigenvalue weighted by molar-refractivity contribution is 0.307. The van der Waals surface area contributed by atoms with Crippen LogP contribution >= 0.6 is 0 Å². The van der Waals surface area contributed by atoms with Gasteiger partial charge in [-0.1, -0.05) is 47.5 Å². The van der Waals surface area contributed by atoms with E-state index in [9.17, 15) is 0 Å². The monoisotopic (exact) mass is 156 g/mol. The zero-order chi connectivity index (χ0) is 8.85. The second kappa shape index (κ2) is 5.62. The second-order valence-corrected chi connectivity index (χ2v) is 4.14. The molecule has 68 valence electrons. The average Bonchev–Trinajstić information content (AvgIpc) is 1.99. The van der Waals surface area contributed by atoms with E-state index in [1.807, 2.05) is 0 Å². The zero-order valence-corrected chi connectivity index (χ0v) is 8.85. The summed E-state index contributed by atoms with van der Waals surface area (Å²) in [5.74, 6) is 2.72. The largest absolute Gasteiger partial charge is 0.0651 e. The molecule has 0 saturated carbocycles. The third kappa shape index (κ3) is 4.44. The molecule has 0 N–H and O–H groups in total. The standard InChI is InChI=1S/C11H24/c1-6-11(7-2)8-10(5)9(3)4/h9-11H,6-8H2,1-5H3. The third-order valence-corrected chi connectivity index (χ3v) is 3.00. The Balaban J connectivity index is 3.62. The molecule has 0 aromatic rings. The van der Waals surface area contributed by atoms with Gasteiger partial charge >= 0.3 is 0 Å². The lowest BCUT2D eigenvalue weighted by atomic mass is 9.85. The Labute approximate surface area is 72.4 Å². The molecule has 0 aromatic carbocycles. The van der Waals surface area contributed by atoms with E-state index in [-0.39, 0.29) is 0 Å². The van der Waals surface area contributed by atoms with Gasteiger partial charge in [0.2, 0.25) is 0 Å². The van der Waals surface area contributed by atoms with Crippen molar-refractivity contribution >= 4 is 0 Å². The summed E-state index contributed by atoms with van der Waals surface area (Å²) in [4.78, 5) is 0. The lowest BCUT2D eigenvalue weighted by Crippen LogP contribution is -2.10. The van der Waals surface area contributed by atoms with E-state index in [2.05, 4.69) is 34.6 Å². The molecule has 0 saturated heterocycles. The Morgan fingerprint density at radius 1 is 0.909 bits per heavy atom.